The van der Waals surface area contributed by atoms with Gasteiger partial charge in [0, 0.05) is 82.4 Å². The van der Waals surface area contributed by atoms with Gasteiger partial charge >= 0.3 is 0 Å². The Bertz CT molecular complexity index is 1180. The van der Waals surface area contributed by atoms with E-state index in [0.29, 0.717) is 56.8 Å². The number of hydrogen-bond acceptors (Lipinski definition) is 6. The maximum absolute atomic E-state index is 13.7. The zero-order valence-electron chi connectivity index (χ0n) is 21.7. The van der Waals surface area contributed by atoms with Crippen LogP contribution in [-0.4, -0.2) is 97.1 Å². The molecular formula is C25H37ClN6O3S. The van der Waals surface area contributed by atoms with Gasteiger partial charge in [0.25, 0.3) is 15.9 Å². The lowest BCUT2D eigenvalue weighted by Gasteiger charge is -2.36. The summed E-state index contributed by atoms with van der Waals surface area (Å²) in [5.41, 5.74) is 2.28. The first-order chi connectivity index (χ1) is 17.1. The minimum Gasteiger partial charge on any atom is -0.369 e. The van der Waals surface area contributed by atoms with Crippen LogP contribution in [-0.2, 0) is 16.6 Å². The number of amides is 1. The zero-order chi connectivity index (χ0) is 26.0. The second kappa shape index (κ2) is 11.1. The summed E-state index contributed by atoms with van der Waals surface area (Å²) in [5.74, 6) is 0.306. The molecule has 198 valence electrons. The maximum atomic E-state index is 13.7. The number of carbonyl (C=O) groups excluding carboxylic acids is 1. The third-order valence-corrected chi connectivity index (χ3v) is 8.97. The summed E-state index contributed by atoms with van der Waals surface area (Å²) >= 11 is 6.19. The van der Waals surface area contributed by atoms with Crippen LogP contribution in [0.1, 0.15) is 36.7 Å². The van der Waals surface area contributed by atoms with Gasteiger partial charge in [0.2, 0.25) is 5.03 Å². The molecule has 0 radical (unpaired) electrons. The molecule has 2 aromatic rings. The average molecular weight is 537 g/mol. The van der Waals surface area contributed by atoms with Crippen molar-refractivity contribution >= 4 is 33.2 Å². The fourth-order valence-corrected chi connectivity index (χ4v) is 6.62. The third-order valence-electron chi connectivity index (χ3n) is 6.90. The number of halogens is 1. The summed E-state index contributed by atoms with van der Waals surface area (Å²) in [6, 6.07) is 5.74. The molecule has 36 heavy (non-hydrogen) atoms. The van der Waals surface area contributed by atoms with Crippen molar-refractivity contribution in [2.24, 2.45) is 5.92 Å². The number of rotatable bonds is 7. The molecule has 0 atom stereocenters. The SMILES string of the molecule is CCn1cc(C(=O)N2CCN(CC(C)C)CC2)c(S(=O)(=O)N2CCN(c3cc(Cl)ccc3C)CC2)n1. The molecule has 0 aliphatic carbocycles. The largest absolute Gasteiger partial charge is 0.369 e. The van der Waals surface area contributed by atoms with Gasteiger partial charge in [-0.1, -0.05) is 31.5 Å². The van der Waals surface area contributed by atoms with Crippen LogP contribution < -0.4 is 4.90 Å². The van der Waals surface area contributed by atoms with Crippen molar-refractivity contribution in [1.82, 2.24) is 23.9 Å². The number of sulfonamides is 1. The molecule has 0 saturated carbocycles. The maximum Gasteiger partial charge on any atom is 0.263 e. The van der Waals surface area contributed by atoms with Gasteiger partial charge in [0.15, 0.2) is 0 Å². The molecule has 0 spiro atoms. The van der Waals surface area contributed by atoms with Crippen LogP contribution >= 0.6 is 11.6 Å². The lowest BCUT2D eigenvalue weighted by molar-refractivity contribution is 0.0620. The van der Waals surface area contributed by atoms with Gasteiger partial charge in [-0.15, -0.1) is 0 Å². The minimum absolute atomic E-state index is 0.133. The van der Waals surface area contributed by atoms with Crippen LogP contribution in [0.4, 0.5) is 5.69 Å². The zero-order valence-corrected chi connectivity index (χ0v) is 23.2. The predicted molar refractivity (Wildman–Crippen MR) is 142 cm³/mol. The number of piperazine rings is 2. The van der Waals surface area contributed by atoms with Crippen molar-refractivity contribution in [2.45, 2.75) is 39.3 Å². The molecule has 1 aromatic heterocycles. The Balaban J connectivity index is 1.50. The molecule has 2 aliphatic heterocycles. The molecular weight excluding hydrogens is 500 g/mol. The van der Waals surface area contributed by atoms with Crippen molar-refractivity contribution < 1.29 is 13.2 Å². The molecule has 1 amide bonds. The molecule has 2 saturated heterocycles. The normalized spacial score (nSPS) is 18.3. The van der Waals surface area contributed by atoms with E-state index in [-0.39, 0.29) is 16.5 Å². The lowest BCUT2D eigenvalue weighted by Crippen LogP contribution is -2.50. The molecule has 11 heteroatoms. The molecule has 0 N–H and O–H groups in total. The molecule has 1 aromatic carbocycles. The molecule has 0 bridgehead atoms. The van der Waals surface area contributed by atoms with E-state index in [4.69, 9.17) is 11.6 Å². The summed E-state index contributed by atoms with van der Waals surface area (Å²) in [5, 5.41) is 4.87. The van der Waals surface area contributed by atoms with E-state index in [1.54, 1.807) is 15.8 Å². The molecule has 2 aliphatic rings. The third kappa shape index (κ3) is 5.72. The number of hydrogen-bond donors (Lipinski definition) is 0. The van der Waals surface area contributed by atoms with E-state index < -0.39 is 10.0 Å². The highest BCUT2D eigenvalue weighted by Crippen LogP contribution is 2.27. The van der Waals surface area contributed by atoms with Gasteiger partial charge in [-0.3, -0.25) is 14.4 Å². The quantitative estimate of drug-likeness (QED) is 0.541. The van der Waals surface area contributed by atoms with Crippen molar-refractivity contribution in [3.63, 3.8) is 0 Å². The van der Waals surface area contributed by atoms with Crippen LogP contribution in [0.25, 0.3) is 0 Å². The Morgan fingerprint density at radius 2 is 1.72 bits per heavy atom. The standard InChI is InChI=1S/C25H37ClN6O3S/c1-5-31-18-22(25(33)30-10-8-28(9-11-30)17-19(2)3)24(27-31)36(34,35)32-14-12-29(13-15-32)23-16-21(26)7-6-20(23)4/h6-7,16,18-19H,5,8-15,17H2,1-4H3. The fourth-order valence-electron chi connectivity index (χ4n) is 4.94. The van der Waals surface area contributed by atoms with Gasteiger partial charge in [-0.25, -0.2) is 8.42 Å². The van der Waals surface area contributed by atoms with Gasteiger partial charge in [0.05, 0.1) is 5.56 Å². The van der Waals surface area contributed by atoms with Crippen LogP contribution in [0, 0.1) is 12.8 Å². The number of nitrogens with zero attached hydrogens (tertiary/aromatic N) is 6. The van der Waals surface area contributed by atoms with Gasteiger partial charge < -0.3 is 9.80 Å². The molecule has 4 rings (SSSR count). The van der Waals surface area contributed by atoms with E-state index >= 15 is 0 Å². The molecule has 9 nitrogen and oxygen atoms in total. The monoisotopic (exact) mass is 536 g/mol. The van der Waals surface area contributed by atoms with E-state index in [9.17, 15) is 13.2 Å². The van der Waals surface area contributed by atoms with Crippen LogP contribution in [0.3, 0.4) is 0 Å². The smallest absolute Gasteiger partial charge is 0.263 e. The van der Waals surface area contributed by atoms with Crippen molar-refractivity contribution in [3.05, 3.63) is 40.5 Å². The number of benzene rings is 1. The topological polar surface area (TPSA) is 82.0 Å². The van der Waals surface area contributed by atoms with Gasteiger partial charge in [-0.05, 0) is 37.5 Å². The predicted octanol–water partition coefficient (Wildman–Crippen LogP) is 2.79. The summed E-state index contributed by atoms with van der Waals surface area (Å²) in [7, 11) is -3.93. The summed E-state index contributed by atoms with van der Waals surface area (Å²) in [6.07, 6.45) is 1.58. The van der Waals surface area contributed by atoms with E-state index in [1.165, 1.54) is 4.31 Å². The summed E-state index contributed by atoms with van der Waals surface area (Å²) in [6.45, 7) is 14.2. The Morgan fingerprint density at radius 1 is 1.06 bits per heavy atom. The van der Waals surface area contributed by atoms with Crippen molar-refractivity contribution in [2.75, 3.05) is 63.8 Å². The highest BCUT2D eigenvalue weighted by molar-refractivity contribution is 7.89. The number of aryl methyl sites for hydroxylation is 2. The minimum atomic E-state index is -3.93. The average Bonchev–Trinajstić information content (AvgIpc) is 3.31. The van der Waals surface area contributed by atoms with Crippen LogP contribution in [0.2, 0.25) is 5.02 Å². The van der Waals surface area contributed by atoms with E-state index in [0.717, 1.165) is 30.9 Å². The Labute approximate surface area is 219 Å². The fraction of sp³-hybridized carbons (Fsp3) is 0.600. The second-order valence-corrected chi connectivity index (χ2v) is 12.3. The summed E-state index contributed by atoms with van der Waals surface area (Å²) < 4.78 is 30.4. The number of anilines is 1. The van der Waals surface area contributed by atoms with Crippen LogP contribution in [0.15, 0.2) is 29.4 Å². The molecule has 2 fully saturated rings. The van der Waals surface area contributed by atoms with Crippen molar-refractivity contribution in [1.29, 1.82) is 0 Å². The van der Waals surface area contributed by atoms with E-state index in [1.807, 2.05) is 32.0 Å². The Kier molecular flexibility index (Phi) is 8.28. The highest BCUT2D eigenvalue weighted by Gasteiger charge is 2.36. The van der Waals surface area contributed by atoms with Crippen LogP contribution in [0.5, 0.6) is 0 Å². The van der Waals surface area contributed by atoms with Crippen molar-refractivity contribution in [3.8, 4) is 0 Å². The first-order valence-corrected chi connectivity index (χ1v) is 14.5. The molecule has 0 unspecified atom stereocenters. The molecule has 3 heterocycles. The Morgan fingerprint density at radius 3 is 2.33 bits per heavy atom. The first-order valence-electron chi connectivity index (χ1n) is 12.7. The van der Waals surface area contributed by atoms with Gasteiger partial charge in [-0.2, -0.15) is 9.40 Å². The second-order valence-electron chi connectivity index (χ2n) is 10.0. The highest BCUT2D eigenvalue weighted by atomic mass is 35.5. The van der Waals surface area contributed by atoms with Gasteiger partial charge in [0.1, 0.15) is 0 Å². The Hall–Kier alpha value is -2.14. The van der Waals surface area contributed by atoms with E-state index in [2.05, 4.69) is 28.7 Å². The first kappa shape index (κ1) is 26.9. The summed E-state index contributed by atoms with van der Waals surface area (Å²) in [4.78, 5) is 19.7. The number of carbonyl (C=O) groups is 1. The number of aromatic nitrogens is 2. The lowest BCUT2D eigenvalue weighted by atomic mass is 10.1.